The molecule has 2 saturated heterocycles. The average molecular weight is 301 g/mol. The first kappa shape index (κ1) is 13.8. The van der Waals surface area contributed by atoms with Crippen LogP contribution in [0, 0.1) is 0 Å². The average Bonchev–Trinajstić information content (AvgIpc) is 2.99. The molecular formula is C16H23N5O. The van der Waals surface area contributed by atoms with Gasteiger partial charge >= 0.3 is 0 Å². The molecule has 0 atom stereocenters. The molecule has 2 aliphatic heterocycles. The zero-order valence-corrected chi connectivity index (χ0v) is 12.8. The number of hydrogen-bond donors (Lipinski definition) is 1. The monoisotopic (exact) mass is 301 g/mol. The third-order valence-corrected chi connectivity index (χ3v) is 4.85. The Kier molecular flexibility index (Phi) is 3.63. The first-order chi connectivity index (χ1) is 10.8. The Morgan fingerprint density at radius 1 is 1.09 bits per heavy atom. The summed E-state index contributed by atoms with van der Waals surface area (Å²) in [6.45, 7) is 5.98. The molecule has 4 rings (SSSR count). The van der Waals surface area contributed by atoms with Crippen LogP contribution < -0.4 is 10.7 Å². The highest BCUT2D eigenvalue weighted by molar-refractivity contribution is 5.82. The Morgan fingerprint density at radius 2 is 1.86 bits per heavy atom. The zero-order valence-electron chi connectivity index (χ0n) is 12.8. The molecule has 1 aromatic heterocycles. The van der Waals surface area contributed by atoms with E-state index < -0.39 is 0 Å². The maximum Gasteiger partial charge on any atom is 0.0941 e. The van der Waals surface area contributed by atoms with Crippen LogP contribution in [0.4, 0.5) is 5.69 Å². The van der Waals surface area contributed by atoms with Crippen molar-refractivity contribution in [3.63, 3.8) is 0 Å². The lowest BCUT2D eigenvalue weighted by molar-refractivity contribution is 0.0104. The smallest absolute Gasteiger partial charge is 0.0941 e. The van der Waals surface area contributed by atoms with Gasteiger partial charge in [0.15, 0.2) is 0 Å². The van der Waals surface area contributed by atoms with Crippen molar-refractivity contribution in [2.45, 2.75) is 18.9 Å². The van der Waals surface area contributed by atoms with Gasteiger partial charge in [-0.05, 0) is 31.0 Å². The van der Waals surface area contributed by atoms with Gasteiger partial charge in [-0.15, -0.1) is 0 Å². The lowest BCUT2D eigenvalue weighted by Gasteiger charge is -2.40. The van der Waals surface area contributed by atoms with Crippen LogP contribution in [0.5, 0.6) is 0 Å². The molecule has 3 heterocycles. The van der Waals surface area contributed by atoms with Crippen molar-refractivity contribution in [2.75, 3.05) is 50.1 Å². The summed E-state index contributed by atoms with van der Waals surface area (Å²) in [5.74, 6) is 0. The van der Waals surface area contributed by atoms with Crippen LogP contribution in [0.2, 0.25) is 0 Å². The Balaban J connectivity index is 1.47. The number of morpholine rings is 1. The number of hydrogen-bond acceptors (Lipinski definition) is 5. The predicted molar refractivity (Wildman–Crippen MR) is 87.5 cm³/mol. The molecule has 2 fully saturated rings. The molecule has 2 N–H and O–H groups in total. The lowest BCUT2D eigenvalue weighted by Crippen LogP contribution is -2.51. The van der Waals surface area contributed by atoms with Gasteiger partial charge in [0.2, 0.25) is 0 Å². The van der Waals surface area contributed by atoms with Gasteiger partial charge in [0.1, 0.15) is 0 Å². The van der Waals surface area contributed by atoms with Crippen LogP contribution in [-0.4, -0.2) is 60.2 Å². The number of nitrogens with zero attached hydrogens (tertiary/aromatic N) is 4. The second kappa shape index (κ2) is 5.78. The predicted octanol–water partition coefficient (Wildman–Crippen LogP) is 1.05. The topological polar surface area (TPSA) is 59.5 Å². The van der Waals surface area contributed by atoms with E-state index in [-0.39, 0.29) is 0 Å². The zero-order chi connectivity index (χ0) is 14.9. The summed E-state index contributed by atoms with van der Waals surface area (Å²) >= 11 is 0. The summed E-state index contributed by atoms with van der Waals surface area (Å²) in [5.41, 5.74) is 7.81. The van der Waals surface area contributed by atoms with Gasteiger partial charge in [-0.1, -0.05) is 0 Å². The quantitative estimate of drug-likeness (QED) is 0.840. The number of nitrogens with two attached hydrogens (primary N) is 1. The van der Waals surface area contributed by atoms with Gasteiger partial charge in [0, 0.05) is 43.3 Å². The number of fused-ring (bicyclic) bond motifs is 1. The molecule has 6 nitrogen and oxygen atoms in total. The molecule has 0 radical (unpaired) electrons. The molecule has 0 bridgehead atoms. The second-order valence-electron chi connectivity index (χ2n) is 6.19. The van der Waals surface area contributed by atoms with E-state index in [0.29, 0.717) is 6.04 Å². The van der Waals surface area contributed by atoms with Crippen molar-refractivity contribution in [1.29, 1.82) is 0 Å². The maximum absolute atomic E-state index is 5.92. The Morgan fingerprint density at radius 3 is 2.64 bits per heavy atom. The third-order valence-electron chi connectivity index (χ3n) is 4.85. The van der Waals surface area contributed by atoms with E-state index in [1.54, 1.807) is 0 Å². The summed E-state index contributed by atoms with van der Waals surface area (Å²) in [6.07, 6.45) is 4.29. The number of ether oxygens (including phenoxy) is 1. The van der Waals surface area contributed by atoms with Crippen molar-refractivity contribution < 1.29 is 4.74 Å². The number of aromatic nitrogens is 2. The van der Waals surface area contributed by atoms with Gasteiger partial charge in [0.05, 0.1) is 24.9 Å². The SMILES string of the molecule is Nc1ccc2cnn(N3CCC(N4CCOCC4)CC3)c2c1. The Labute approximate surface area is 130 Å². The van der Waals surface area contributed by atoms with E-state index >= 15 is 0 Å². The molecule has 118 valence electrons. The first-order valence-electron chi connectivity index (χ1n) is 8.11. The molecule has 6 heteroatoms. The highest BCUT2D eigenvalue weighted by atomic mass is 16.5. The molecule has 2 aliphatic rings. The minimum Gasteiger partial charge on any atom is -0.399 e. The van der Waals surface area contributed by atoms with E-state index in [1.165, 1.54) is 12.8 Å². The Hall–Kier alpha value is -1.79. The van der Waals surface area contributed by atoms with Crippen LogP contribution in [0.25, 0.3) is 10.9 Å². The van der Waals surface area contributed by atoms with Gasteiger partial charge in [-0.3, -0.25) is 9.91 Å². The number of rotatable bonds is 2. The number of anilines is 1. The minimum atomic E-state index is 0.687. The highest BCUT2D eigenvalue weighted by Gasteiger charge is 2.26. The number of benzene rings is 1. The standard InChI is InChI=1S/C16H23N5O/c17-14-2-1-13-12-18-21(16(13)11-14)20-5-3-15(4-6-20)19-7-9-22-10-8-19/h1-2,11-12,15H,3-10,17H2. The van der Waals surface area contributed by atoms with Crippen molar-refractivity contribution in [3.8, 4) is 0 Å². The lowest BCUT2D eigenvalue weighted by atomic mass is 10.0. The van der Waals surface area contributed by atoms with Crippen LogP contribution in [0.15, 0.2) is 24.4 Å². The second-order valence-corrected chi connectivity index (χ2v) is 6.19. The molecule has 2 aromatic rings. The molecule has 0 aliphatic carbocycles. The molecule has 1 aromatic carbocycles. The third kappa shape index (κ3) is 2.53. The summed E-state index contributed by atoms with van der Waals surface area (Å²) in [7, 11) is 0. The van der Waals surface area contributed by atoms with Gasteiger partial charge in [-0.2, -0.15) is 9.89 Å². The van der Waals surface area contributed by atoms with Crippen LogP contribution in [-0.2, 0) is 4.74 Å². The van der Waals surface area contributed by atoms with Crippen molar-refractivity contribution >= 4 is 16.6 Å². The maximum atomic E-state index is 5.92. The molecule has 22 heavy (non-hydrogen) atoms. The van der Waals surface area contributed by atoms with Crippen LogP contribution in [0.3, 0.4) is 0 Å². The van der Waals surface area contributed by atoms with Crippen molar-refractivity contribution in [1.82, 2.24) is 14.8 Å². The molecule has 0 spiro atoms. The van der Waals surface area contributed by atoms with Crippen LogP contribution >= 0.6 is 0 Å². The van der Waals surface area contributed by atoms with E-state index in [4.69, 9.17) is 10.5 Å². The summed E-state index contributed by atoms with van der Waals surface area (Å²) < 4.78 is 5.45. The van der Waals surface area contributed by atoms with Crippen molar-refractivity contribution in [3.05, 3.63) is 24.4 Å². The number of piperidine rings is 1. The summed E-state index contributed by atoms with van der Waals surface area (Å²) in [6, 6.07) is 6.66. The molecule has 0 saturated carbocycles. The fraction of sp³-hybridized carbons (Fsp3) is 0.562. The summed E-state index contributed by atoms with van der Waals surface area (Å²) in [5, 5.41) is 8.03. The minimum absolute atomic E-state index is 0.687. The molecular weight excluding hydrogens is 278 g/mol. The van der Waals surface area contributed by atoms with E-state index in [9.17, 15) is 0 Å². The van der Waals surface area contributed by atoms with Gasteiger partial charge in [0.25, 0.3) is 0 Å². The normalized spacial score (nSPS) is 21.5. The number of nitrogen functional groups attached to an aromatic ring is 1. The van der Waals surface area contributed by atoms with Gasteiger partial charge in [-0.25, -0.2) is 0 Å². The molecule has 0 amide bonds. The fourth-order valence-electron chi connectivity index (χ4n) is 3.60. The largest absolute Gasteiger partial charge is 0.399 e. The fourth-order valence-corrected chi connectivity index (χ4v) is 3.60. The summed E-state index contributed by atoms with van der Waals surface area (Å²) in [4.78, 5) is 4.61. The first-order valence-corrected chi connectivity index (χ1v) is 8.11. The van der Waals surface area contributed by atoms with E-state index in [1.807, 2.05) is 29.2 Å². The van der Waals surface area contributed by atoms with Crippen LogP contribution in [0.1, 0.15) is 12.8 Å². The van der Waals surface area contributed by atoms with E-state index in [2.05, 4.69) is 15.0 Å². The Bertz CT molecular complexity index is 641. The van der Waals surface area contributed by atoms with Crippen molar-refractivity contribution in [2.24, 2.45) is 0 Å². The van der Waals surface area contributed by atoms with Gasteiger partial charge < -0.3 is 10.5 Å². The molecule has 0 unspecified atom stereocenters. The van der Waals surface area contributed by atoms with E-state index in [0.717, 1.165) is 56.0 Å². The highest BCUT2D eigenvalue weighted by Crippen LogP contribution is 2.21.